The van der Waals surface area contributed by atoms with Crippen LogP contribution in [0.2, 0.25) is 0 Å². The van der Waals surface area contributed by atoms with Crippen LogP contribution in [0.15, 0.2) is 60.8 Å². The number of carbonyl (C=O) groups is 2. The second-order valence-electron chi connectivity index (χ2n) is 19.5. The average molecular weight is 1000 g/mol. The number of hydrogen-bond acceptors (Lipinski definition) is 8. The zero-order valence-corrected chi connectivity index (χ0v) is 46.4. The molecule has 0 fully saturated rings. The summed E-state index contributed by atoms with van der Waals surface area (Å²) in [7, 11) is -4.37. The van der Waals surface area contributed by atoms with Crippen molar-refractivity contribution in [3.05, 3.63) is 60.8 Å². The number of allylic oxidation sites excluding steroid dienone is 10. The molecule has 2 unspecified atom stereocenters. The molecule has 0 amide bonds. The molecular formula is C60H110NO8P. The summed E-state index contributed by atoms with van der Waals surface area (Å²) in [5.74, 6) is -0.821. The molecule has 0 saturated carbocycles. The number of nitrogens with two attached hydrogens (primary N) is 1. The highest BCUT2D eigenvalue weighted by Crippen LogP contribution is 2.43. The summed E-state index contributed by atoms with van der Waals surface area (Å²) in [5.41, 5.74) is 5.36. The fraction of sp³-hybridized carbons (Fsp3) is 0.800. The van der Waals surface area contributed by atoms with Crippen LogP contribution in [0.3, 0.4) is 0 Å². The van der Waals surface area contributed by atoms with E-state index in [1.54, 1.807) is 0 Å². The monoisotopic (exact) mass is 1000 g/mol. The minimum absolute atomic E-state index is 0.0553. The van der Waals surface area contributed by atoms with Crippen LogP contribution in [0.1, 0.15) is 277 Å². The summed E-state index contributed by atoms with van der Waals surface area (Å²) >= 11 is 0. The van der Waals surface area contributed by atoms with Gasteiger partial charge in [-0.15, -0.1) is 0 Å². The third-order valence-corrected chi connectivity index (χ3v) is 13.7. The molecule has 0 aromatic carbocycles. The lowest BCUT2D eigenvalue weighted by molar-refractivity contribution is -0.161. The van der Waals surface area contributed by atoms with Crippen molar-refractivity contribution in [1.82, 2.24) is 0 Å². The van der Waals surface area contributed by atoms with Crippen molar-refractivity contribution in [2.75, 3.05) is 26.4 Å². The first kappa shape index (κ1) is 67.7. The van der Waals surface area contributed by atoms with Gasteiger partial charge in [-0.3, -0.25) is 18.6 Å². The first-order valence-electron chi connectivity index (χ1n) is 29.3. The van der Waals surface area contributed by atoms with Gasteiger partial charge in [-0.25, -0.2) is 4.57 Å². The van der Waals surface area contributed by atoms with E-state index in [1.165, 1.54) is 180 Å². The van der Waals surface area contributed by atoms with E-state index in [2.05, 4.69) is 74.6 Å². The quantitative estimate of drug-likeness (QED) is 0.0264. The highest BCUT2D eigenvalue weighted by molar-refractivity contribution is 7.47. The second-order valence-corrected chi connectivity index (χ2v) is 20.9. The number of carbonyl (C=O) groups excluding carboxylic acids is 2. The zero-order chi connectivity index (χ0) is 51.0. The van der Waals surface area contributed by atoms with Crippen LogP contribution in [0.5, 0.6) is 0 Å². The molecule has 0 rings (SSSR count). The van der Waals surface area contributed by atoms with E-state index >= 15 is 0 Å². The number of rotatable bonds is 55. The highest BCUT2D eigenvalue weighted by Gasteiger charge is 2.26. The maximum atomic E-state index is 12.6. The minimum atomic E-state index is -4.37. The van der Waals surface area contributed by atoms with Crippen LogP contribution in [-0.2, 0) is 32.7 Å². The van der Waals surface area contributed by atoms with E-state index in [1.807, 2.05) is 0 Å². The molecule has 9 nitrogen and oxygen atoms in total. The van der Waals surface area contributed by atoms with Gasteiger partial charge in [0.05, 0.1) is 13.2 Å². The molecule has 10 heteroatoms. The highest BCUT2D eigenvalue weighted by atomic mass is 31.2. The Morgan fingerprint density at radius 3 is 1.17 bits per heavy atom. The third-order valence-electron chi connectivity index (χ3n) is 12.7. The number of ether oxygens (including phenoxy) is 2. The lowest BCUT2D eigenvalue weighted by Gasteiger charge is -2.19. The van der Waals surface area contributed by atoms with E-state index in [0.717, 1.165) is 64.2 Å². The molecule has 0 bridgehead atoms. The fourth-order valence-electron chi connectivity index (χ4n) is 8.37. The second kappa shape index (κ2) is 56.0. The molecule has 408 valence electrons. The molecule has 70 heavy (non-hydrogen) atoms. The summed E-state index contributed by atoms with van der Waals surface area (Å²) < 4.78 is 32.8. The van der Waals surface area contributed by atoms with Gasteiger partial charge in [0, 0.05) is 19.4 Å². The summed E-state index contributed by atoms with van der Waals surface area (Å²) in [4.78, 5) is 34.9. The lowest BCUT2D eigenvalue weighted by atomic mass is 10.0. The van der Waals surface area contributed by atoms with Gasteiger partial charge in [-0.2, -0.15) is 0 Å². The maximum absolute atomic E-state index is 12.6. The van der Waals surface area contributed by atoms with Crippen LogP contribution in [0.25, 0.3) is 0 Å². The summed E-state index contributed by atoms with van der Waals surface area (Å²) in [6.45, 7) is 3.61. The Bertz CT molecular complexity index is 1330. The van der Waals surface area contributed by atoms with Crippen molar-refractivity contribution >= 4 is 19.8 Å². The predicted molar refractivity (Wildman–Crippen MR) is 298 cm³/mol. The van der Waals surface area contributed by atoms with E-state index in [9.17, 15) is 19.0 Å². The minimum Gasteiger partial charge on any atom is -0.462 e. The zero-order valence-electron chi connectivity index (χ0n) is 45.5. The molecule has 0 saturated heterocycles. The van der Waals surface area contributed by atoms with Crippen LogP contribution < -0.4 is 5.73 Å². The summed E-state index contributed by atoms with van der Waals surface area (Å²) in [5, 5.41) is 0. The molecular weight excluding hydrogens is 894 g/mol. The average Bonchev–Trinajstić information content (AvgIpc) is 3.35. The van der Waals surface area contributed by atoms with Gasteiger partial charge in [0.1, 0.15) is 6.61 Å². The van der Waals surface area contributed by atoms with Crippen LogP contribution in [-0.4, -0.2) is 49.3 Å². The van der Waals surface area contributed by atoms with Crippen LogP contribution in [0.4, 0.5) is 0 Å². The molecule has 0 aliphatic carbocycles. The molecule has 2 atom stereocenters. The van der Waals surface area contributed by atoms with Crippen molar-refractivity contribution in [3.63, 3.8) is 0 Å². The van der Waals surface area contributed by atoms with Crippen molar-refractivity contribution in [2.24, 2.45) is 5.73 Å². The van der Waals surface area contributed by atoms with Crippen LogP contribution >= 0.6 is 7.82 Å². The lowest BCUT2D eigenvalue weighted by Crippen LogP contribution is -2.29. The molecule has 0 heterocycles. The Morgan fingerprint density at radius 2 is 0.786 bits per heavy atom. The van der Waals surface area contributed by atoms with Crippen molar-refractivity contribution in [1.29, 1.82) is 0 Å². The fourth-order valence-corrected chi connectivity index (χ4v) is 9.14. The molecule has 0 aromatic heterocycles. The number of unbranched alkanes of at least 4 members (excludes halogenated alkanes) is 32. The Labute approximate surface area is 431 Å². The van der Waals surface area contributed by atoms with Gasteiger partial charge < -0.3 is 20.1 Å². The number of phosphoric ester groups is 1. The number of hydrogen-bond donors (Lipinski definition) is 2. The number of phosphoric acid groups is 1. The summed E-state index contributed by atoms with van der Waals surface area (Å²) in [6.07, 6.45) is 70.5. The molecule has 0 aliphatic rings. The molecule has 0 spiro atoms. The van der Waals surface area contributed by atoms with Gasteiger partial charge in [0.15, 0.2) is 6.10 Å². The maximum Gasteiger partial charge on any atom is 0.472 e. The molecule has 0 radical (unpaired) electrons. The Kier molecular flexibility index (Phi) is 54.2. The predicted octanol–water partition coefficient (Wildman–Crippen LogP) is 18.3. The Hall–Kier alpha value is -2.29. The summed E-state index contributed by atoms with van der Waals surface area (Å²) in [6, 6.07) is 0. The van der Waals surface area contributed by atoms with Gasteiger partial charge in [-0.05, 0) is 57.8 Å². The third kappa shape index (κ3) is 55.0. The van der Waals surface area contributed by atoms with Crippen LogP contribution in [0, 0.1) is 0 Å². The van der Waals surface area contributed by atoms with E-state index in [0.29, 0.717) is 6.42 Å². The van der Waals surface area contributed by atoms with Gasteiger partial charge in [0.2, 0.25) is 0 Å². The molecule has 0 aromatic rings. The van der Waals surface area contributed by atoms with Gasteiger partial charge in [0.25, 0.3) is 0 Å². The van der Waals surface area contributed by atoms with E-state index < -0.39 is 26.5 Å². The normalized spacial score (nSPS) is 13.5. The first-order chi connectivity index (χ1) is 34.3. The smallest absolute Gasteiger partial charge is 0.462 e. The standard InChI is InChI=1S/C60H110NO8P/c1-3-5-7-9-11-13-14-15-16-17-18-19-20-21-22-23-24-25-26-27-28-29-30-31-32-33-34-35-36-37-38-39-40-41-42-43-44-45-47-49-51-53-60(63)69-58(57-68-70(64,65)67-55-54-61)56-66-59(62)52-50-48-46-12-10-8-6-4-2/h5,7,11,13,15-16,18-19,21-22,58H,3-4,6,8-10,12,14,17,20,23-57,61H2,1-2H3,(H,64,65)/b7-5-,13-11-,16-15-,19-18-,22-21-. The van der Waals surface area contributed by atoms with Crippen molar-refractivity contribution in [2.45, 2.75) is 283 Å². The van der Waals surface area contributed by atoms with Crippen molar-refractivity contribution < 1.29 is 37.6 Å². The largest absolute Gasteiger partial charge is 0.472 e. The van der Waals surface area contributed by atoms with E-state index in [-0.39, 0.29) is 38.6 Å². The first-order valence-corrected chi connectivity index (χ1v) is 30.8. The topological polar surface area (TPSA) is 134 Å². The molecule has 0 aliphatic heterocycles. The van der Waals surface area contributed by atoms with Gasteiger partial charge >= 0.3 is 19.8 Å². The van der Waals surface area contributed by atoms with E-state index in [4.69, 9.17) is 24.3 Å². The number of esters is 2. The Balaban J connectivity index is 3.67. The van der Waals surface area contributed by atoms with Gasteiger partial charge in [-0.1, -0.05) is 267 Å². The SMILES string of the molecule is CC/C=C\C/C=C\C/C=C\C/C=C\C/C=C\CCCCCCCCCCCCCCCCCCCCCCCCCCCC(=O)OC(COC(=O)CCCCCCCCCC)COP(=O)(O)OCCN. The Morgan fingerprint density at radius 1 is 0.443 bits per heavy atom. The van der Waals surface area contributed by atoms with Crippen molar-refractivity contribution in [3.8, 4) is 0 Å². The molecule has 3 N–H and O–H groups in total.